The second-order valence-electron chi connectivity index (χ2n) is 4.51. The van der Waals surface area contributed by atoms with E-state index in [0.29, 0.717) is 12.6 Å². The summed E-state index contributed by atoms with van der Waals surface area (Å²) in [6.45, 7) is 8.79. The molecule has 1 heterocycles. The summed E-state index contributed by atoms with van der Waals surface area (Å²) in [5.74, 6) is 0. The molecule has 1 aliphatic heterocycles. The molecule has 0 saturated carbocycles. The molecule has 0 amide bonds. The quantitative estimate of drug-likeness (QED) is 0.776. The normalized spacial score (nSPS) is 29.9. The van der Waals surface area contributed by atoms with Crippen LogP contribution in [0.3, 0.4) is 0 Å². The molecular weight excluding hydrogens is 222 g/mol. The molecule has 1 N–H and O–H groups in total. The number of hydrogen-bond acceptors (Lipinski definition) is 3. The summed E-state index contributed by atoms with van der Waals surface area (Å²) in [6, 6.07) is 0.378. The van der Waals surface area contributed by atoms with Gasteiger partial charge in [0.15, 0.2) is 0 Å². The molecule has 4 unspecified atom stereocenters. The Bertz CT molecular complexity index is 223. The molecule has 1 rings (SSSR count). The molecule has 1 fully saturated rings. The van der Waals surface area contributed by atoms with Crippen LogP contribution in [0, 0.1) is 0 Å². The van der Waals surface area contributed by atoms with E-state index in [9.17, 15) is 4.21 Å². The fourth-order valence-electron chi connectivity index (χ4n) is 1.97. The van der Waals surface area contributed by atoms with Crippen LogP contribution in [0.5, 0.6) is 0 Å². The number of nitrogens with one attached hydrogen (secondary N) is 1. The van der Waals surface area contributed by atoms with Crippen molar-refractivity contribution in [1.82, 2.24) is 5.32 Å². The summed E-state index contributed by atoms with van der Waals surface area (Å²) in [4.78, 5) is 0. The fourth-order valence-corrected chi connectivity index (χ4v) is 3.68. The molecule has 0 spiro atoms. The Morgan fingerprint density at radius 3 is 2.88 bits per heavy atom. The highest BCUT2D eigenvalue weighted by Gasteiger charge is 2.31. The van der Waals surface area contributed by atoms with Crippen molar-refractivity contribution >= 4 is 10.8 Å². The van der Waals surface area contributed by atoms with E-state index < -0.39 is 10.8 Å². The summed E-state index contributed by atoms with van der Waals surface area (Å²) < 4.78 is 17.8. The predicted octanol–water partition coefficient (Wildman–Crippen LogP) is 1.69. The van der Waals surface area contributed by atoms with Crippen molar-refractivity contribution in [3.8, 4) is 0 Å². The van der Waals surface area contributed by atoms with Crippen LogP contribution >= 0.6 is 0 Å². The predicted molar refractivity (Wildman–Crippen MR) is 69.2 cm³/mol. The highest BCUT2D eigenvalue weighted by molar-refractivity contribution is 7.86. The van der Waals surface area contributed by atoms with Gasteiger partial charge in [0, 0.05) is 28.7 Å². The molecule has 4 heteroatoms. The van der Waals surface area contributed by atoms with Crippen LogP contribution in [-0.4, -0.2) is 40.5 Å². The van der Waals surface area contributed by atoms with E-state index in [1.54, 1.807) is 0 Å². The molecule has 1 aliphatic rings. The van der Waals surface area contributed by atoms with Crippen molar-refractivity contribution in [2.75, 3.05) is 19.8 Å². The van der Waals surface area contributed by atoms with Crippen molar-refractivity contribution < 1.29 is 8.95 Å². The monoisotopic (exact) mass is 247 g/mol. The highest BCUT2D eigenvalue weighted by Crippen LogP contribution is 2.18. The van der Waals surface area contributed by atoms with Gasteiger partial charge in [0.05, 0.1) is 11.9 Å². The van der Waals surface area contributed by atoms with Crippen LogP contribution in [0.15, 0.2) is 0 Å². The van der Waals surface area contributed by atoms with Gasteiger partial charge in [-0.2, -0.15) is 0 Å². The number of rotatable bonds is 6. The van der Waals surface area contributed by atoms with Crippen LogP contribution in [0.2, 0.25) is 0 Å². The van der Waals surface area contributed by atoms with Crippen molar-refractivity contribution in [2.24, 2.45) is 0 Å². The van der Waals surface area contributed by atoms with Gasteiger partial charge in [0.1, 0.15) is 0 Å². The first kappa shape index (κ1) is 14.1. The van der Waals surface area contributed by atoms with E-state index in [1.165, 1.54) is 0 Å². The van der Waals surface area contributed by atoms with Gasteiger partial charge in [-0.05, 0) is 25.8 Å². The third-order valence-corrected chi connectivity index (χ3v) is 5.42. The van der Waals surface area contributed by atoms with Crippen LogP contribution in [0.25, 0.3) is 0 Å². The van der Waals surface area contributed by atoms with Gasteiger partial charge in [-0.25, -0.2) is 0 Å². The molecule has 4 atom stereocenters. The lowest BCUT2D eigenvalue weighted by Gasteiger charge is -2.33. The molecular formula is C12H25NO2S. The van der Waals surface area contributed by atoms with Gasteiger partial charge in [0.2, 0.25) is 0 Å². The third kappa shape index (κ3) is 3.82. The molecule has 0 aromatic heterocycles. The third-order valence-electron chi connectivity index (χ3n) is 3.23. The van der Waals surface area contributed by atoms with Crippen LogP contribution in [0.1, 0.15) is 40.0 Å². The topological polar surface area (TPSA) is 38.3 Å². The van der Waals surface area contributed by atoms with Gasteiger partial charge in [-0.3, -0.25) is 4.21 Å². The molecule has 0 aromatic carbocycles. The number of ether oxygens (including phenoxy) is 1. The highest BCUT2D eigenvalue weighted by atomic mass is 32.2. The standard InChI is InChI=1S/C12H25NO2S/c1-4-7-13-11-6-8-15-9-12(11)16(14)10(3)5-2/h10-13H,4-9H2,1-3H3. The van der Waals surface area contributed by atoms with Gasteiger partial charge in [0.25, 0.3) is 0 Å². The second-order valence-corrected chi connectivity index (χ2v) is 6.58. The van der Waals surface area contributed by atoms with E-state index in [0.717, 1.165) is 32.4 Å². The van der Waals surface area contributed by atoms with E-state index in [4.69, 9.17) is 4.74 Å². The lowest BCUT2D eigenvalue weighted by Crippen LogP contribution is -2.50. The average Bonchev–Trinajstić information content (AvgIpc) is 2.34. The Hall–Kier alpha value is 0.0700. The smallest absolute Gasteiger partial charge is 0.0738 e. The van der Waals surface area contributed by atoms with Crippen molar-refractivity contribution in [1.29, 1.82) is 0 Å². The lowest BCUT2D eigenvalue weighted by atomic mass is 10.1. The minimum atomic E-state index is -0.772. The summed E-state index contributed by atoms with van der Waals surface area (Å²) in [7, 11) is -0.772. The Morgan fingerprint density at radius 2 is 2.25 bits per heavy atom. The molecule has 96 valence electrons. The maximum absolute atomic E-state index is 12.3. The maximum Gasteiger partial charge on any atom is 0.0738 e. The molecule has 3 nitrogen and oxygen atoms in total. The average molecular weight is 247 g/mol. The molecule has 16 heavy (non-hydrogen) atoms. The minimum absolute atomic E-state index is 0.176. The van der Waals surface area contributed by atoms with E-state index in [2.05, 4.69) is 26.1 Å². The molecule has 0 aliphatic carbocycles. The molecule has 0 radical (unpaired) electrons. The first-order chi connectivity index (χ1) is 7.70. The summed E-state index contributed by atoms with van der Waals surface area (Å²) >= 11 is 0. The van der Waals surface area contributed by atoms with Crippen LogP contribution in [-0.2, 0) is 15.5 Å². The van der Waals surface area contributed by atoms with E-state index >= 15 is 0 Å². The zero-order valence-electron chi connectivity index (χ0n) is 10.7. The Balaban J connectivity index is 2.55. The second kappa shape index (κ2) is 7.41. The summed E-state index contributed by atoms with van der Waals surface area (Å²) in [5, 5.41) is 3.96. The Labute approximate surface area is 102 Å². The molecule has 0 bridgehead atoms. The summed E-state index contributed by atoms with van der Waals surface area (Å²) in [6.07, 6.45) is 3.09. The first-order valence-electron chi connectivity index (χ1n) is 6.41. The van der Waals surface area contributed by atoms with Crippen molar-refractivity contribution in [3.05, 3.63) is 0 Å². The van der Waals surface area contributed by atoms with Gasteiger partial charge >= 0.3 is 0 Å². The maximum atomic E-state index is 12.3. The molecule has 1 saturated heterocycles. The number of hydrogen-bond donors (Lipinski definition) is 1. The van der Waals surface area contributed by atoms with Crippen molar-refractivity contribution in [3.63, 3.8) is 0 Å². The van der Waals surface area contributed by atoms with E-state index in [1.807, 2.05) is 0 Å². The molecule has 0 aromatic rings. The van der Waals surface area contributed by atoms with Crippen LogP contribution in [0.4, 0.5) is 0 Å². The lowest BCUT2D eigenvalue weighted by molar-refractivity contribution is 0.0819. The largest absolute Gasteiger partial charge is 0.380 e. The van der Waals surface area contributed by atoms with Gasteiger partial charge in [-0.1, -0.05) is 20.8 Å². The van der Waals surface area contributed by atoms with E-state index in [-0.39, 0.29) is 10.5 Å². The Kier molecular flexibility index (Phi) is 6.54. The zero-order valence-corrected chi connectivity index (χ0v) is 11.5. The SMILES string of the molecule is CCCNC1CCOCC1S(=O)C(C)CC. The summed E-state index contributed by atoms with van der Waals surface area (Å²) in [5.41, 5.74) is 0. The van der Waals surface area contributed by atoms with Crippen LogP contribution < -0.4 is 5.32 Å². The Morgan fingerprint density at radius 1 is 1.50 bits per heavy atom. The fraction of sp³-hybridized carbons (Fsp3) is 1.00. The van der Waals surface area contributed by atoms with Gasteiger partial charge in [-0.15, -0.1) is 0 Å². The first-order valence-corrected chi connectivity index (χ1v) is 7.68. The zero-order chi connectivity index (χ0) is 12.0. The van der Waals surface area contributed by atoms with Gasteiger partial charge < -0.3 is 10.1 Å². The van der Waals surface area contributed by atoms with Crippen molar-refractivity contribution in [2.45, 2.75) is 56.6 Å². The minimum Gasteiger partial charge on any atom is -0.380 e.